The van der Waals surface area contributed by atoms with Crippen molar-refractivity contribution in [2.24, 2.45) is 0 Å². The third kappa shape index (κ3) is 7.37. The topological polar surface area (TPSA) is 62.2 Å². The summed E-state index contributed by atoms with van der Waals surface area (Å²) in [5.74, 6) is 0.244. The number of nitrogens with zero attached hydrogens (tertiary/aromatic N) is 2. The van der Waals surface area contributed by atoms with Gasteiger partial charge in [0.2, 0.25) is 5.91 Å². The van der Waals surface area contributed by atoms with Crippen LogP contribution in [0.4, 0.5) is 4.39 Å². The molecule has 0 saturated heterocycles. The number of ether oxygens (including phenoxy) is 2. The van der Waals surface area contributed by atoms with Crippen LogP contribution in [0.25, 0.3) is 0 Å². The van der Waals surface area contributed by atoms with Crippen molar-refractivity contribution in [2.75, 3.05) is 46.5 Å². The summed E-state index contributed by atoms with van der Waals surface area (Å²) in [6.07, 6.45) is 3.40. The van der Waals surface area contributed by atoms with Crippen LogP contribution in [0.2, 0.25) is 0 Å². The van der Waals surface area contributed by atoms with Crippen LogP contribution in [-0.2, 0) is 16.0 Å². The van der Waals surface area contributed by atoms with Gasteiger partial charge < -0.3 is 19.5 Å². The fraction of sp³-hybridized carbons (Fsp3) is 0.480. The number of hydrogen-bond donors (Lipinski definition) is 1. The van der Waals surface area contributed by atoms with Crippen LogP contribution < -0.4 is 4.74 Å². The number of carbonyl (C=O) groups is 1. The molecule has 0 bridgehead atoms. The zero-order valence-electron chi connectivity index (χ0n) is 19.1. The first-order valence-corrected chi connectivity index (χ1v) is 12.1. The second kappa shape index (κ2) is 12.8. The highest BCUT2D eigenvalue weighted by Gasteiger charge is 2.33. The first-order chi connectivity index (χ1) is 16.0. The van der Waals surface area contributed by atoms with Gasteiger partial charge in [-0.05, 0) is 60.5 Å². The van der Waals surface area contributed by atoms with E-state index in [4.69, 9.17) is 9.47 Å². The zero-order chi connectivity index (χ0) is 23.6. The molecule has 0 fully saturated rings. The molecule has 0 spiro atoms. The molecule has 2 aromatic rings. The van der Waals surface area contributed by atoms with Crippen LogP contribution in [0.1, 0.15) is 29.3 Å². The molecule has 1 aromatic heterocycles. The standard InChI is InChI=1S/C25H33FN2O4S/c1-3-4-5-20(29)16-27(13-14-31-2)17-25(30)28-12-10-24-22(11-15-33-24)23(28)18-32-21-8-6-19(26)7-9-21/h3,6-9,11,15,20,23,29H,1,4-5,10,12-14,16-18H2,2H3/t20-,23+/m1/s1. The lowest BCUT2D eigenvalue weighted by Crippen LogP contribution is -2.48. The normalized spacial score (nSPS) is 16.5. The largest absolute Gasteiger partial charge is 0.491 e. The molecule has 0 aliphatic carbocycles. The number of aliphatic hydroxyl groups excluding tert-OH is 1. The highest BCUT2D eigenvalue weighted by Crippen LogP contribution is 2.34. The summed E-state index contributed by atoms with van der Waals surface area (Å²) in [4.78, 5) is 18.5. The maximum atomic E-state index is 13.4. The van der Waals surface area contributed by atoms with Crippen molar-refractivity contribution >= 4 is 17.2 Å². The lowest BCUT2D eigenvalue weighted by molar-refractivity contribution is -0.136. The van der Waals surface area contributed by atoms with Gasteiger partial charge in [-0.3, -0.25) is 9.69 Å². The van der Waals surface area contributed by atoms with Crippen molar-refractivity contribution in [2.45, 2.75) is 31.4 Å². The van der Waals surface area contributed by atoms with Gasteiger partial charge in [-0.2, -0.15) is 0 Å². The van der Waals surface area contributed by atoms with E-state index in [2.05, 4.69) is 12.6 Å². The minimum atomic E-state index is -0.532. The molecule has 180 valence electrons. The van der Waals surface area contributed by atoms with Crippen LogP contribution >= 0.6 is 11.3 Å². The number of methoxy groups -OCH3 is 1. The van der Waals surface area contributed by atoms with E-state index < -0.39 is 6.10 Å². The quantitative estimate of drug-likeness (QED) is 0.447. The number of hydrogen-bond acceptors (Lipinski definition) is 6. The average Bonchev–Trinajstić information content (AvgIpc) is 3.29. The summed E-state index contributed by atoms with van der Waals surface area (Å²) in [7, 11) is 1.62. The Hall–Kier alpha value is -2.26. The molecule has 0 radical (unpaired) electrons. The first-order valence-electron chi connectivity index (χ1n) is 11.3. The predicted molar refractivity (Wildman–Crippen MR) is 128 cm³/mol. The SMILES string of the molecule is C=CCC[C@@H](O)CN(CCOC)CC(=O)N1CCc2sccc2[C@@H]1COc1ccc(F)cc1. The van der Waals surface area contributed by atoms with Gasteiger partial charge >= 0.3 is 0 Å². The Morgan fingerprint density at radius 2 is 2.18 bits per heavy atom. The van der Waals surface area contributed by atoms with Crippen LogP contribution in [0.15, 0.2) is 48.4 Å². The molecular formula is C25H33FN2O4S. The number of rotatable bonds is 13. The molecule has 3 rings (SSSR count). The molecule has 1 N–H and O–H groups in total. The van der Waals surface area contributed by atoms with E-state index in [0.717, 1.165) is 18.4 Å². The third-order valence-electron chi connectivity index (χ3n) is 5.78. The van der Waals surface area contributed by atoms with Crippen molar-refractivity contribution in [1.82, 2.24) is 9.80 Å². The molecule has 1 aromatic carbocycles. The fourth-order valence-corrected chi connectivity index (χ4v) is 4.95. The molecule has 0 unspecified atom stereocenters. The van der Waals surface area contributed by atoms with Gasteiger partial charge in [0, 0.05) is 31.6 Å². The molecular weight excluding hydrogens is 443 g/mol. The van der Waals surface area contributed by atoms with E-state index in [9.17, 15) is 14.3 Å². The Labute approximate surface area is 199 Å². The number of benzene rings is 1. The Kier molecular flexibility index (Phi) is 9.87. The molecule has 1 aliphatic heterocycles. The van der Waals surface area contributed by atoms with Gasteiger partial charge in [0.15, 0.2) is 0 Å². The van der Waals surface area contributed by atoms with Gasteiger partial charge in [0.05, 0.1) is 25.3 Å². The van der Waals surface area contributed by atoms with Crippen molar-refractivity contribution in [3.63, 3.8) is 0 Å². The van der Waals surface area contributed by atoms with E-state index in [0.29, 0.717) is 45.0 Å². The molecule has 33 heavy (non-hydrogen) atoms. The van der Waals surface area contributed by atoms with E-state index in [1.54, 1.807) is 36.7 Å². The number of aliphatic hydroxyl groups is 1. The second-order valence-electron chi connectivity index (χ2n) is 8.16. The minimum Gasteiger partial charge on any atom is -0.491 e. The predicted octanol–water partition coefficient (Wildman–Crippen LogP) is 3.67. The molecule has 8 heteroatoms. The number of amides is 1. The van der Waals surface area contributed by atoms with Crippen LogP contribution in [0.5, 0.6) is 5.75 Å². The monoisotopic (exact) mass is 476 g/mol. The highest BCUT2D eigenvalue weighted by molar-refractivity contribution is 7.10. The van der Waals surface area contributed by atoms with E-state index in [-0.39, 0.29) is 24.3 Å². The van der Waals surface area contributed by atoms with Crippen molar-refractivity contribution in [3.8, 4) is 5.75 Å². The maximum absolute atomic E-state index is 13.4. The number of thiophene rings is 1. The molecule has 2 heterocycles. The minimum absolute atomic E-state index is 0.00780. The Morgan fingerprint density at radius 3 is 2.91 bits per heavy atom. The Balaban J connectivity index is 1.69. The summed E-state index contributed by atoms with van der Waals surface area (Å²) in [5.41, 5.74) is 1.11. The Bertz CT molecular complexity index is 889. The van der Waals surface area contributed by atoms with Crippen molar-refractivity contribution in [1.29, 1.82) is 0 Å². The van der Waals surface area contributed by atoms with Gasteiger partial charge in [-0.15, -0.1) is 17.9 Å². The zero-order valence-corrected chi connectivity index (χ0v) is 19.9. The number of allylic oxidation sites excluding steroid dienone is 1. The molecule has 1 amide bonds. The summed E-state index contributed by atoms with van der Waals surface area (Å²) in [6.45, 7) is 6.24. The summed E-state index contributed by atoms with van der Waals surface area (Å²) < 4.78 is 24.4. The third-order valence-corrected chi connectivity index (χ3v) is 6.78. The van der Waals surface area contributed by atoms with Crippen molar-refractivity contribution < 1.29 is 23.8 Å². The maximum Gasteiger partial charge on any atom is 0.237 e. The van der Waals surface area contributed by atoms with Gasteiger partial charge in [0.1, 0.15) is 18.2 Å². The van der Waals surface area contributed by atoms with Crippen LogP contribution in [-0.4, -0.2) is 73.4 Å². The summed E-state index contributed by atoms with van der Waals surface area (Å²) >= 11 is 1.70. The molecule has 0 saturated carbocycles. The Morgan fingerprint density at radius 1 is 1.39 bits per heavy atom. The first kappa shape index (κ1) is 25.4. The van der Waals surface area contributed by atoms with Crippen LogP contribution in [0.3, 0.4) is 0 Å². The summed E-state index contributed by atoms with van der Waals surface area (Å²) in [6, 6.07) is 7.75. The number of halogens is 1. The second-order valence-corrected chi connectivity index (χ2v) is 9.17. The van der Waals surface area contributed by atoms with Crippen molar-refractivity contribution in [3.05, 3.63) is 64.6 Å². The molecule has 6 nitrogen and oxygen atoms in total. The van der Waals surface area contributed by atoms with E-state index >= 15 is 0 Å². The van der Waals surface area contributed by atoms with Gasteiger partial charge in [-0.25, -0.2) is 4.39 Å². The van der Waals surface area contributed by atoms with Crippen LogP contribution in [0, 0.1) is 5.82 Å². The smallest absolute Gasteiger partial charge is 0.237 e. The van der Waals surface area contributed by atoms with Gasteiger partial charge in [-0.1, -0.05) is 6.08 Å². The van der Waals surface area contributed by atoms with E-state index in [1.165, 1.54) is 17.0 Å². The average molecular weight is 477 g/mol. The van der Waals surface area contributed by atoms with E-state index in [1.807, 2.05) is 15.2 Å². The van der Waals surface area contributed by atoms with Gasteiger partial charge in [0.25, 0.3) is 0 Å². The number of fused-ring (bicyclic) bond motifs is 1. The molecule has 1 aliphatic rings. The fourth-order valence-electron chi connectivity index (χ4n) is 4.02. The summed E-state index contributed by atoms with van der Waals surface area (Å²) in [5, 5.41) is 12.4. The lowest BCUT2D eigenvalue weighted by Gasteiger charge is -2.37. The lowest BCUT2D eigenvalue weighted by atomic mass is 10.0. The molecule has 2 atom stereocenters. The number of carbonyl (C=O) groups excluding carboxylic acids is 1. The highest BCUT2D eigenvalue weighted by atomic mass is 32.1.